The summed E-state index contributed by atoms with van der Waals surface area (Å²) in [5.41, 5.74) is 20.0. The average Bonchev–Trinajstić information content (AvgIpc) is 3.31. The number of benzene rings is 9. The second-order valence-electron chi connectivity index (χ2n) is 15.2. The molecule has 0 aliphatic heterocycles. The third-order valence-electron chi connectivity index (χ3n) is 11.5. The molecule has 0 unspecified atom stereocenters. The van der Waals surface area contributed by atoms with Crippen LogP contribution in [0.3, 0.4) is 0 Å². The van der Waals surface area contributed by atoms with Crippen molar-refractivity contribution in [3.8, 4) is 66.8 Å². The molecular formula is C57H46Si. The Morgan fingerprint density at radius 1 is 0.190 bits per heavy atom. The van der Waals surface area contributed by atoms with Gasteiger partial charge in [0, 0.05) is 0 Å². The molecule has 278 valence electrons. The van der Waals surface area contributed by atoms with Crippen molar-refractivity contribution in [3.63, 3.8) is 0 Å². The molecule has 0 fully saturated rings. The highest BCUT2D eigenvalue weighted by Crippen LogP contribution is 2.39. The molecule has 0 saturated heterocycles. The minimum absolute atomic E-state index is 1.03. The molecule has 0 bridgehead atoms. The summed E-state index contributed by atoms with van der Waals surface area (Å²) >= 11 is 0. The van der Waals surface area contributed by atoms with Gasteiger partial charge in [-0.3, -0.25) is 0 Å². The van der Waals surface area contributed by atoms with E-state index in [-0.39, 0.29) is 0 Å². The quantitative estimate of drug-likeness (QED) is 0.109. The molecule has 0 amide bonds. The first-order valence-corrected chi connectivity index (χ1v) is 22.9. The fourth-order valence-corrected chi connectivity index (χ4v) is 12.3. The van der Waals surface area contributed by atoms with Crippen molar-refractivity contribution in [1.29, 1.82) is 0 Å². The Labute approximate surface area is 345 Å². The van der Waals surface area contributed by atoms with Gasteiger partial charge in [0.2, 0.25) is 0 Å². The molecule has 0 spiro atoms. The maximum atomic E-state index is 2.35. The van der Waals surface area contributed by atoms with Crippen LogP contribution in [0.15, 0.2) is 237 Å². The van der Waals surface area contributed by atoms with E-state index in [0.29, 0.717) is 0 Å². The molecule has 0 N–H and O–H groups in total. The molecule has 9 rings (SSSR count). The van der Waals surface area contributed by atoms with E-state index in [1.165, 1.54) is 83.5 Å². The molecule has 0 nitrogen and oxygen atoms in total. The Balaban J connectivity index is 1.28. The fraction of sp³-hybridized carbons (Fsp3) is 0.0526. The molecule has 58 heavy (non-hydrogen) atoms. The van der Waals surface area contributed by atoms with E-state index in [0.717, 1.165) is 18.1 Å². The van der Waals surface area contributed by atoms with Crippen molar-refractivity contribution >= 4 is 8.80 Å². The molecule has 0 radical (unpaired) electrons. The second-order valence-corrected chi connectivity index (χ2v) is 18.1. The van der Waals surface area contributed by atoms with E-state index in [2.05, 4.69) is 237 Å². The topological polar surface area (TPSA) is 0 Å². The molecule has 0 saturated carbocycles. The molecule has 9 aromatic carbocycles. The van der Waals surface area contributed by atoms with E-state index in [1.807, 2.05) is 0 Å². The van der Waals surface area contributed by atoms with Gasteiger partial charge >= 0.3 is 0 Å². The van der Waals surface area contributed by atoms with Crippen LogP contribution < -0.4 is 0 Å². The van der Waals surface area contributed by atoms with Crippen molar-refractivity contribution in [2.45, 2.75) is 18.1 Å². The van der Waals surface area contributed by atoms with Crippen LogP contribution in [0.1, 0.15) is 16.7 Å². The lowest BCUT2D eigenvalue weighted by Gasteiger charge is -2.26. The van der Waals surface area contributed by atoms with Gasteiger partial charge in [0.15, 0.2) is 0 Å². The van der Waals surface area contributed by atoms with Crippen molar-refractivity contribution in [2.75, 3.05) is 0 Å². The van der Waals surface area contributed by atoms with Crippen LogP contribution in [0.5, 0.6) is 0 Å². The Morgan fingerprint density at radius 3 is 0.534 bits per heavy atom. The minimum atomic E-state index is -1.82. The molecule has 9 aromatic rings. The lowest BCUT2D eigenvalue weighted by Crippen LogP contribution is -2.27. The third-order valence-corrected chi connectivity index (χ3v) is 14.5. The fourth-order valence-electron chi connectivity index (χ4n) is 8.83. The average molecular weight is 759 g/mol. The minimum Gasteiger partial charge on any atom is -0.0622 e. The first kappa shape index (κ1) is 36.8. The van der Waals surface area contributed by atoms with Gasteiger partial charge in [-0.25, -0.2) is 0 Å². The summed E-state index contributed by atoms with van der Waals surface area (Å²) in [4.78, 5) is 0. The first-order chi connectivity index (χ1) is 28.8. The van der Waals surface area contributed by atoms with Crippen LogP contribution in [0.25, 0.3) is 66.8 Å². The van der Waals surface area contributed by atoms with E-state index < -0.39 is 8.80 Å². The maximum absolute atomic E-state index is 2.35. The smallest absolute Gasteiger partial charge is 0.0502 e. The highest BCUT2D eigenvalue weighted by Gasteiger charge is 2.25. The SMILES string of the molecule is c1ccc(-c2cccc(-c3ccccc3)c2C[SiH](Cc2c(-c3ccccc3)cccc2-c2ccccc2)Cc2c(-c3ccccc3)cccc2-c2ccccc2)cc1. The van der Waals surface area contributed by atoms with Crippen LogP contribution in [-0.4, -0.2) is 8.80 Å². The molecule has 1 heteroatoms. The van der Waals surface area contributed by atoms with Crippen molar-refractivity contribution < 1.29 is 0 Å². The summed E-state index contributed by atoms with van der Waals surface area (Å²) in [6.07, 6.45) is 0. The zero-order valence-corrected chi connectivity index (χ0v) is 33.9. The predicted molar refractivity (Wildman–Crippen MR) is 250 cm³/mol. The Kier molecular flexibility index (Phi) is 11.1. The summed E-state index contributed by atoms with van der Waals surface area (Å²) < 4.78 is 0. The largest absolute Gasteiger partial charge is 0.0622 e. The summed E-state index contributed by atoms with van der Waals surface area (Å²) in [5, 5.41) is 0. The molecule has 0 atom stereocenters. The standard InChI is InChI=1S/C57H46Si/c1-7-22-43(23-8-1)49-34-19-35-50(44-24-9-2-10-25-44)55(49)40-58(41-56-51(45-26-11-3-12-27-45)36-20-37-52(56)46-28-13-4-14-29-46)42-57-53(47-30-15-5-16-31-47)38-21-39-54(57)48-32-17-6-18-33-48/h1-39,58H,40-42H2. The Hall–Kier alpha value is -6.80. The van der Waals surface area contributed by atoms with E-state index >= 15 is 0 Å². The molecular weight excluding hydrogens is 713 g/mol. The third kappa shape index (κ3) is 8.04. The van der Waals surface area contributed by atoms with Gasteiger partial charge in [0.25, 0.3) is 0 Å². The zero-order valence-electron chi connectivity index (χ0n) is 32.7. The zero-order chi connectivity index (χ0) is 38.9. The van der Waals surface area contributed by atoms with Crippen molar-refractivity contribution in [3.05, 3.63) is 253 Å². The summed E-state index contributed by atoms with van der Waals surface area (Å²) in [6, 6.07) is 90.1. The second kappa shape index (κ2) is 17.6. The van der Waals surface area contributed by atoms with E-state index in [9.17, 15) is 0 Å². The lowest BCUT2D eigenvalue weighted by molar-refractivity contribution is 1.19. The van der Waals surface area contributed by atoms with Gasteiger partial charge in [-0.15, -0.1) is 0 Å². The van der Waals surface area contributed by atoms with E-state index in [1.54, 1.807) is 0 Å². The predicted octanol–water partition coefficient (Wildman–Crippen LogP) is 14.6. The van der Waals surface area contributed by atoms with Gasteiger partial charge in [-0.2, -0.15) is 0 Å². The van der Waals surface area contributed by atoms with E-state index in [4.69, 9.17) is 0 Å². The van der Waals surface area contributed by atoms with Gasteiger partial charge in [-0.05, 0) is 102 Å². The summed E-state index contributed by atoms with van der Waals surface area (Å²) in [6.45, 7) is 0. The molecule has 0 aromatic heterocycles. The van der Waals surface area contributed by atoms with Crippen LogP contribution in [0.2, 0.25) is 0 Å². The number of rotatable bonds is 12. The van der Waals surface area contributed by atoms with Gasteiger partial charge < -0.3 is 0 Å². The summed E-state index contributed by atoms with van der Waals surface area (Å²) in [5.74, 6) is 0. The Morgan fingerprint density at radius 2 is 0.362 bits per heavy atom. The van der Waals surface area contributed by atoms with Crippen LogP contribution in [-0.2, 0) is 18.1 Å². The highest BCUT2D eigenvalue weighted by molar-refractivity contribution is 6.58. The summed E-state index contributed by atoms with van der Waals surface area (Å²) in [7, 11) is -1.82. The molecule has 0 aliphatic carbocycles. The highest BCUT2D eigenvalue weighted by atomic mass is 28.3. The van der Waals surface area contributed by atoms with Gasteiger partial charge in [0.05, 0.1) is 8.80 Å². The van der Waals surface area contributed by atoms with Gasteiger partial charge in [0.1, 0.15) is 0 Å². The van der Waals surface area contributed by atoms with Crippen molar-refractivity contribution in [2.24, 2.45) is 0 Å². The van der Waals surface area contributed by atoms with Crippen LogP contribution in [0.4, 0.5) is 0 Å². The normalized spacial score (nSPS) is 11.1. The number of hydrogen-bond acceptors (Lipinski definition) is 0. The first-order valence-electron chi connectivity index (χ1n) is 20.5. The maximum Gasteiger partial charge on any atom is 0.0502 e. The Bertz CT molecular complexity index is 2230. The molecule has 0 heterocycles. The number of hydrogen-bond donors (Lipinski definition) is 0. The molecule has 0 aliphatic rings. The van der Waals surface area contributed by atoms with Crippen molar-refractivity contribution in [1.82, 2.24) is 0 Å². The van der Waals surface area contributed by atoms with Crippen LogP contribution >= 0.6 is 0 Å². The lowest BCUT2D eigenvalue weighted by atomic mass is 9.92. The van der Waals surface area contributed by atoms with Gasteiger partial charge in [-0.1, -0.05) is 237 Å². The monoisotopic (exact) mass is 758 g/mol. The van der Waals surface area contributed by atoms with Crippen LogP contribution in [0, 0.1) is 0 Å².